The fourth-order valence-electron chi connectivity index (χ4n) is 2.93. The van der Waals surface area contributed by atoms with Gasteiger partial charge in [-0.25, -0.2) is 0 Å². The van der Waals surface area contributed by atoms with E-state index in [4.69, 9.17) is 4.52 Å². The molecule has 0 radical (unpaired) electrons. The first-order valence-electron chi connectivity index (χ1n) is 8.75. The van der Waals surface area contributed by atoms with Gasteiger partial charge in [0.1, 0.15) is 0 Å². The molecule has 0 saturated carbocycles. The van der Waals surface area contributed by atoms with E-state index in [0.29, 0.717) is 12.4 Å². The molecule has 25 heavy (non-hydrogen) atoms. The van der Waals surface area contributed by atoms with Gasteiger partial charge in [0.25, 0.3) is 0 Å². The molecule has 1 aromatic heterocycles. The minimum atomic E-state index is -0.315. The molecule has 0 atom stereocenters. The van der Waals surface area contributed by atoms with E-state index >= 15 is 0 Å². The second-order valence-electron chi connectivity index (χ2n) is 6.52. The van der Waals surface area contributed by atoms with E-state index in [1.54, 1.807) is 0 Å². The molecule has 0 aliphatic carbocycles. The van der Waals surface area contributed by atoms with Gasteiger partial charge in [0.05, 0.1) is 0 Å². The molecule has 1 saturated heterocycles. The third-order valence-electron chi connectivity index (χ3n) is 4.40. The van der Waals surface area contributed by atoms with Gasteiger partial charge in [0.15, 0.2) is 0 Å². The topological polar surface area (TPSA) is 74.5 Å². The Hall–Kier alpha value is -2.41. The van der Waals surface area contributed by atoms with Crippen molar-refractivity contribution in [3.63, 3.8) is 0 Å². The lowest BCUT2D eigenvalue weighted by molar-refractivity contribution is 0.0908. The molecule has 2 aromatic rings. The molecule has 1 N–H and O–H groups in total. The number of nitrogens with one attached hydrogen (secondary N) is 1. The number of hydrogen-bond acceptors (Lipinski definition) is 6. The summed E-state index contributed by atoms with van der Waals surface area (Å²) in [5, 5.41) is 6.75. The summed E-state index contributed by atoms with van der Waals surface area (Å²) in [6, 6.07) is 7.78. The van der Waals surface area contributed by atoms with Crippen molar-refractivity contribution >= 4 is 11.6 Å². The van der Waals surface area contributed by atoms with Crippen molar-refractivity contribution in [1.82, 2.24) is 20.4 Å². The normalized spacial score (nSPS) is 14.6. The third kappa shape index (κ3) is 4.57. The van der Waals surface area contributed by atoms with Gasteiger partial charge in [0.2, 0.25) is 5.82 Å². The summed E-state index contributed by atoms with van der Waals surface area (Å²) in [5.74, 6) is 0.116. The number of benzene rings is 1. The van der Waals surface area contributed by atoms with Crippen LogP contribution in [0.2, 0.25) is 0 Å². The predicted octanol–water partition coefficient (Wildman–Crippen LogP) is 2.02. The van der Waals surface area contributed by atoms with E-state index in [1.807, 2.05) is 43.3 Å². The van der Waals surface area contributed by atoms with Gasteiger partial charge in [-0.05, 0) is 63.2 Å². The summed E-state index contributed by atoms with van der Waals surface area (Å²) in [4.78, 5) is 20.7. The van der Waals surface area contributed by atoms with Gasteiger partial charge in [0, 0.05) is 31.9 Å². The second kappa shape index (κ2) is 8.11. The van der Waals surface area contributed by atoms with Crippen LogP contribution in [0.3, 0.4) is 0 Å². The van der Waals surface area contributed by atoms with Crippen LogP contribution in [0.4, 0.5) is 5.69 Å². The maximum Gasteiger partial charge on any atom is 0.316 e. The van der Waals surface area contributed by atoms with Gasteiger partial charge < -0.3 is 19.6 Å². The summed E-state index contributed by atoms with van der Waals surface area (Å²) >= 11 is 0. The number of amides is 1. The molecular weight excluding hydrogens is 318 g/mol. The Labute approximate surface area is 148 Å². The quantitative estimate of drug-likeness (QED) is 0.775. The summed E-state index contributed by atoms with van der Waals surface area (Å²) in [7, 11) is 3.96. The van der Waals surface area contributed by atoms with Gasteiger partial charge in [-0.2, -0.15) is 4.98 Å². The number of aromatic nitrogens is 2. The molecule has 1 fully saturated rings. The van der Waals surface area contributed by atoms with E-state index < -0.39 is 0 Å². The minimum absolute atomic E-state index is 0.00728. The maximum atomic E-state index is 12.1. The molecule has 3 rings (SSSR count). The summed E-state index contributed by atoms with van der Waals surface area (Å²) in [6.07, 6.45) is 3.50. The van der Waals surface area contributed by atoms with Crippen LogP contribution in [0.1, 0.15) is 29.9 Å². The summed E-state index contributed by atoms with van der Waals surface area (Å²) in [5.41, 5.74) is 1.91. The van der Waals surface area contributed by atoms with Crippen LogP contribution >= 0.6 is 0 Å². The smallest absolute Gasteiger partial charge is 0.316 e. The Kier molecular flexibility index (Phi) is 5.65. The standard InChI is InChI=1S/C18H25N5O2/c1-22(2)15-8-6-14(7-9-15)16-20-18(25-21-16)17(24)19-10-5-13-23-11-3-4-12-23/h6-9H,3-5,10-13H2,1-2H3,(H,19,24). The average Bonchev–Trinajstić information content (AvgIpc) is 3.30. The first-order chi connectivity index (χ1) is 12.1. The fourth-order valence-corrected chi connectivity index (χ4v) is 2.93. The lowest BCUT2D eigenvalue weighted by Gasteiger charge is -2.13. The molecule has 1 aromatic carbocycles. The van der Waals surface area contributed by atoms with Crippen molar-refractivity contribution in [2.45, 2.75) is 19.3 Å². The Balaban J connectivity index is 1.50. The number of nitrogens with zero attached hydrogens (tertiary/aromatic N) is 4. The molecule has 134 valence electrons. The van der Waals surface area contributed by atoms with Gasteiger partial charge in [-0.1, -0.05) is 5.16 Å². The van der Waals surface area contributed by atoms with Crippen LogP contribution in [-0.2, 0) is 0 Å². The highest BCUT2D eigenvalue weighted by Gasteiger charge is 2.16. The Morgan fingerprint density at radius 2 is 1.96 bits per heavy atom. The van der Waals surface area contributed by atoms with E-state index in [0.717, 1.165) is 24.2 Å². The Bertz CT molecular complexity index is 690. The molecule has 1 aliphatic rings. The maximum absolute atomic E-state index is 12.1. The number of anilines is 1. The number of carbonyl (C=O) groups is 1. The van der Waals surface area contributed by atoms with Crippen LogP contribution in [0, 0.1) is 0 Å². The van der Waals surface area contributed by atoms with Crippen molar-refractivity contribution in [2.24, 2.45) is 0 Å². The van der Waals surface area contributed by atoms with Crippen LogP contribution in [0.5, 0.6) is 0 Å². The first kappa shape index (κ1) is 17.4. The zero-order valence-electron chi connectivity index (χ0n) is 14.9. The van der Waals surface area contributed by atoms with E-state index in [2.05, 4.69) is 20.4 Å². The Morgan fingerprint density at radius 1 is 1.24 bits per heavy atom. The molecular formula is C18H25N5O2. The van der Waals surface area contributed by atoms with Crippen molar-refractivity contribution in [1.29, 1.82) is 0 Å². The van der Waals surface area contributed by atoms with Crippen molar-refractivity contribution in [2.75, 3.05) is 45.2 Å². The molecule has 0 bridgehead atoms. The molecule has 1 amide bonds. The molecule has 0 spiro atoms. The van der Waals surface area contributed by atoms with E-state index in [9.17, 15) is 4.79 Å². The van der Waals surface area contributed by atoms with E-state index in [1.165, 1.54) is 25.9 Å². The predicted molar refractivity (Wildman–Crippen MR) is 96.7 cm³/mol. The first-order valence-corrected chi connectivity index (χ1v) is 8.75. The monoisotopic (exact) mass is 343 g/mol. The zero-order chi connectivity index (χ0) is 17.6. The summed E-state index contributed by atoms with van der Waals surface area (Å²) < 4.78 is 5.10. The average molecular weight is 343 g/mol. The molecule has 2 heterocycles. The van der Waals surface area contributed by atoms with E-state index in [-0.39, 0.29) is 11.8 Å². The highest BCUT2D eigenvalue weighted by atomic mass is 16.5. The number of likely N-dealkylation sites (tertiary alicyclic amines) is 1. The van der Waals surface area contributed by atoms with Crippen LogP contribution < -0.4 is 10.2 Å². The van der Waals surface area contributed by atoms with Gasteiger partial charge in [-0.15, -0.1) is 0 Å². The van der Waals surface area contributed by atoms with Crippen molar-refractivity contribution in [3.05, 3.63) is 30.2 Å². The molecule has 7 nitrogen and oxygen atoms in total. The SMILES string of the molecule is CN(C)c1ccc(-c2noc(C(=O)NCCCN3CCCC3)n2)cc1. The Morgan fingerprint density at radius 3 is 2.64 bits per heavy atom. The third-order valence-corrected chi connectivity index (χ3v) is 4.40. The highest BCUT2D eigenvalue weighted by Crippen LogP contribution is 2.19. The van der Waals surface area contributed by atoms with Crippen LogP contribution in [-0.4, -0.2) is 61.2 Å². The van der Waals surface area contributed by atoms with Crippen LogP contribution in [0.25, 0.3) is 11.4 Å². The zero-order valence-corrected chi connectivity index (χ0v) is 14.9. The van der Waals surface area contributed by atoms with Crippen molar-refractivity contribution < 1.29 is 9.32 Å². The second-order valence-corrected chi connectivity index (χ2v) is 6.52. The van der Waals surface area contributed by atoms with Gasteiger partial charge in [-0.3, -0.25) is 4.79 Å². The van der Waals surface area contributed by atoms with Crippen LogP contribution in [0.15, 0.2) is 28.8 Å². The lowest BCUT2D eigenvalue weighted by Crippen LogP contribution is -2.28. The largest absolute Gasteiger partial charge is 0.378 e. The highest BCUT2D eigenvalue weighted by molar-refractivity contribution is 5.89. The summed E-state index contributed by atoms with van der Waals surface area (Å²) in [6.45, 7) is 3.99. The number of carbonyl (C=O) groups excluding carboxylic acids is 1. The minimum Gasteiger partial charge on any atom is -0.378 e. The molecule has 0 unspecified atom stereocenters. The van der Waals surface area contributed by atoms with Crippen molar-refractivity contribution in [3.8, 4) is 11.4 Å². The van der Waals surface area contributed by atoms with Gasteiger partial charge >= 0.3 is 11.8 Å². The fraction of sp³-hybridized carbons (Fsp3) is 0.500. The molecule has 1 aliphatic heterocycles. The number of rotatable bonds is 7. The lowest BCUT2D eigenvalue weighted by atomic mass is 10.2. The molecule has 7 heteroatoms. The number of hydrogen-bond donors (Lipinski definition) is 1.